The third kappa shape index (κ3) is 7.67. The molecule has 0 amide bonds. The maximum Gasteiger partial charge on any atom is 0.0642 e. The summed E-state index contributed by atoms with van der Waals surface area (Å²) in [6.45, 7) is 10.1. The third-order valence-corrected chi connectivity index (χ3v) is 4.64. The molecule has 0 bridgehead atoms. The van der Waals surface area contributed by atoms with Crippen LogP contribution >= 0.6 is 0 Å². The average molecular weight is 334 g/mol. The Morgan fingerprint density at radius 2 is 1.62 bits per heavy atom. The Labute approximate surface area is 148 Å². The lowest BCUT2D eigenvalue weighted by molar-refractivity contribution is 0.122. The van der Waals surface area contributed by atoms with E-state index in [0.717, 1.165) is 58.3 Å². The van der Waals surface area contributed by atoms with Crippen molar-refractivity contribution < 1.29 is 9.47 Å². The second-order valence-corrected chi connectivity index (χ2v) is 7.22. The van der Waals surface area contributed by atoms with Gasteiger partial charge in [-0.15, -0.1) is 0 Å². The molecule has 1 heterocycles. The number of unbranched alkanes of at least 4 members (excludes halogenated alkanes) is 2. The Kier molecular flexibility index (Phi) is 9.22. The first-order chi connectivity index (χ1) is 11.8. The zero-order chi connectivity index (χ0) is 17.0. The Morgan fingerprint density at radius 3 is 2.29 bits per heavy atom. The normalized spacial score (nSPS) is 15.2. The average Bonchev–Trinajstić information content (AvgIpc) is 2.61. The molecule has 2 rings (SSSR count). The fourth-order valence-electron chi connectivity index (χ4n) is 3.09. The predicted octanol–water partition coefficient (Wildman–Crippen LogP) is 4.69. The summed E-state index contributed by atoms with van der Waals surface area (Å²) in [5, 5.41) is 0. The van der Waals surface area contributed by atoms with Crippen LogP contribution in [0.2, 0.25) is 0 Å². The minimum absolute atomic E-state index is 0.819. The summed E-state index contributed by atoms with van der Waals surface area (Å²) in [5.74, 6) is 0.819. The fourth-order valence-corrected chi connectivity index (χ4v) is 3.09. The first-order valence-electron chi connectivity index (χ1n) is 9.75. The second-order valence-electron chi connectivity index (χ2n) is 7.22. The van der Waals surface area contributed by atoms with Crippen LogP contribution < -0.4 is 4.90 Å². The zero-order valence-corrected chi connectivity index (χ0v) is 15.6. The van der Waals surface area contributed by atoms with Crippen LogP contribution in [-0.2, 0) is 15.9 Å². The van der Waals surface area contributed by atoms with Crippen LogP contribution in [0.5, 0.6) is 0 Å². The molecule has 0 radical (unpaired) electrons. The van der Waals surface area contributed by atoms with Gasteiger partial charge in [0, 0.05) is 32.0 Å². The molecule has 136 valence electrons. The van der Waals surface area contributed by atoms with Crippen LogP contribution in [0.25, 0.3) is 0 Å². The summed E-state index contributed by atoms with van der Waals surface area (Å²) >= 11 is 0. The van der Waals surface area contributed by atoms with E-state index in [2.05, 4.69) is 43.0 Å². The van der Waals surface area contributed by atoms with Crippen LogP contribution in [0.4, 0.5) is 5.69 Å². The molecule has 0 aromatic heterocycles. The molecule has 0 saturated carbocycles. The van der Waals surface area contributed by atoms with Gasteiger partial charge in [0.15, 0.2) is 0 Å². The van der Waals surface area contributed by atoms with E-state index in [1.54, 1.807) is 0 Å². The zero-order valence-electron chi connectivity index (χ0n) is 15.6. The van der Waals surface area contributed by atoms with E-state index >= 15 is 0 Å². The maximum absolute atomic E-state index is 5.73. The van der Waals surface area contributed by atoms with Crippen molar-refractivity contribution in [2.45, 2.75) is 52.4 Å². The summed E-state index contributed by atoms with van der Waals surface area (Å²) in [6.07, 6.45) is 7.36. The van der Waals surface area contributed by atoms with Crippen LogP contribution in [0.15, 0.2) is 24.3 Å². The molecule has 0 spiro atoms. The number of anilines is 1. The van der Waals surface area contributed by atoms with Crippen molar-refractivity contribution >= 4 is 5.69 Å². The van der Waals surface area contributed by atoms with E-state index in [4.69, 9.17) is 9.47 Å². The van der Waals surface area contributed by atoms with Crippen molar-refractivity contribution in [1.29, 1.82) is 0 Å². The number of benzene rings is 1. The van der Waals surface area contributed by atoms with Crippen molar-refractivity contribution in [1.82, 2.24) is 0 Å². The highest BCUT2D eigenvalue weighted by molar-refractivity contribution is 5.47. The van der Waals surface area contributed by atoms with Crippen molar-refractivity contribution in [3.05, 3.63) is 29.8 Å². The lowest BCUT2D eigenvalue weighted by Crippen LogP contribution is -2.36. The maximum atomic E-state index is 5.73. The smallest absolute Gasteiger partial charge is 0.0642 e. The molecule has 1 aliphatic rings. The van der Waals surface area contributed by atoms with E-state index in [-0.39, 0.29) is 0 Å². The summed E-state index contributed by atoms with van der Waals surface area (Å²) in [6, 6.07) is 9.06. The van der Waals surface area contributed by atoms with Gasteiger partial charge in [0.25, 0.3) is 0 Å². The molecule has 1 aromatic carbocycles. The largest absolute Gasteiger partial charge is 0.381 e. The molecule has 1 aliphatic heterocycles. The van der Waals surface area contributed by atoms with Gasteiger partial charge in [0.1, 0.15) is 0 Å². The lowest BCUT2D eigenvalue weighted by Gasteiger charge is -2.28. The highest BCUT2D eigenvalue weighted by Crippen LogP contribution is 2.17. The van der Waals surface area contributed by atoms with Crippen molar-refractivity contribution in [2.75, 3.05) is 44.4 Å². The molecule has 1 saturated heterocycles. The Bertz CT molecular complexity index is 424. The minimum atomic E-state index is 0.819. The summed E-state index contributed by atoms with van der Waals surface area (Å²) in [4.78, 5) is 2.40. The molecular weight excluding hydrogens is 298 g/mol. The van der Waals surface area contributed by atoms with Gasteiger partial charge >= 0.3 is 0 Å². The molecule has 0 unspecified atom stereocenters. The molecule has 1 fully saturated rings. The Morgan fingerprint density at radius 1 is 0.958 bits per heavy atom. The number of hydrogen-bond donors (Lipinski definition) is 0. The van der Waals surface area contributed by atoms with E-state index in [1.807, 2.05) is 0 Å². The van der Waals surface area contributed by atoms with Crippen LogP contribution in [0.3, 0.4) is 0 Å². The number of ether oxygens (including phenoxy) is 2. The van der Waals surface area contributed by atoms with Gasteiger partial charge in [-0.3, -0.25) is 0 Å². The second kappa shape index (κ2) is 11.5. The lowest BCUT2D eigenvalue weighted by atomic mass is 10.1. The standard InChI is InChI=1S/C21H35NO2/c1-19(2)7-3-5-15-23-16-6-4-8-20-9-11-21(12-10-20)22-13-17-24-18-14-22/h9-12,19H,3-8,13-18H2,1-2H3. The van der Waals surface area contributed by atoms with Crippen molar-refractivity contribution in [2.24, 2.45) is 5.92 Å². The van der Waals surface area contributed by atoms with Crippen molar-refractivity contribution in [3.63, 3.8) is 0 Å². The van der Waals surface area contributed by atoms with Crippen molar-refractivity contribution in [3.8, 4) is 0 Å². The van der Waals surface area contributed by atoms with Crippen LogP contribution in [0.1, 0.15) is 51.5 Å². The summed E-state index contributed by atoms with van der Waals surface area (Å²) in [7, 11) is 0. The fraction of sp³-hybridized carbons (Fsp3) is 0.714. The van der Waals surface area contributed by atoms with Gasteiger partial charge in [-0.1, -0.05) is 38.8 Å². The quantitative estimate of drug-likeness (QED) is 0.548. The molecular formula is C21H35NO2. The number of aryl methyl sites for hydroxylation is 1. The van der Waals surface area contributed by atoms with Gasteiger partial charge in [-0.25, -0.2) is 0 Å². The van der Waals surface area contributed by atoms with Gasteiger partial charge in [-0.2, -0.15) is 0 Å². The topological polar surface area (TPSA) is 21.7 Å². The molecule has 1 aromatic rings. The molecule has 3 heteroatoms. The SMILES string of the molecule is CC(C)CCCCOCCCCc1ccc(N2CCOCC2)cc1. The third-order valence-electron chi connectivity index (χ3n) is 4.64. The van der Waals surface area contributed by atoms with Gasteiger partial charge in [-0.05, 0) is 49.3 Å². The predicted molar refractivity (Wildman–Crippen MR) is 102 cm³/mol. The Balaban J connectivity index is 1.51. The highest BCUT2D eigenvalue weighted by atomic mass is 16.5. The Hall–Kier alpha value is -1.06. The number of hydrogen-bond acceptors (Lipinski definition) is 3. The van der Waals surface area contributed by atoms with Gasteiger partial charge in [0.2, 0.25) is 0 Å². The van der Waals surface area contributed by atoms with E-state index in [0.29, 0.717) is 0 Å². The first-order valence-corrected chi connectivity index (χ1v) is 9.75. The first kappa shape index (κ1) is 19.3. The van der Waals surface area contributed by atoms with Crippen LogP contribution in [0, 0.1) is 5.92 Å². The molecule has 3 nitrogen and oxygen atoms in total. The van der Waals surface area contributed by atoms with E-state index in [1.165, 1.54) is 36.9 Å². The minimum Gasteiger partial charge on any atom is -0.381 e. The molecule has 0 atom stereocenters. The highest BCUT2D eigenvalue weighted by Gasteiger charge is 2.10. The van der Waals surface area contributed by atoms with E-state index < -0.39 is 0 Å². The van der Waals surface area contributed by atoms with Crippen LogP contribution in [-0.4, -0.2) is 39.5 Å². The van der Waals surface area contributed by atoms with E-state index in [9.17, 15) is 0 Å². The molecule has 0 N–H and O–H groups in total. The number of rotatable bonds is 11. The van der Waals surface area contributed by atoms with Gasteiger partial charge < -0.3 is 14.4 Å². The summed E-state index contributed by atoms with van der Waals surface area (Å²) in [5.41, 5.74) is 2.76. The summed E-state index contributed by atoms with van der Waals surface area (Å²) < 4.78 is 11.1. The number of nitrogens with zero attached hydrogens (tertiary/aromatic N) is 1. The number of morpholine rings is 1. The molecule has 0 aliphatic carbocycles. The van der Waals surface area contributed by atoms with Gasteiger partial charge in [0.05, 0.1) is 13.2 Å². The molecule has 24 heavy (non-hydrogen) atoms. The monoisotopic (exact) mass is 333 g/mol.